The first-order valence-corrected chi connectivity index (χ1v) is 10.5. The summed E-state index contributed by atoms with van der Waals surface area (Å²) in [5, 5.41) is 16.8. The van der Waals surface area contributed by atoms with Gasteiger partial charge in [0.2, 0.25) is 5.82 Å². The number of benzene rings is 2. The first kappa shape index (κ1) is 26.7. The first-order chi connectivity index (χ1) is 16.1. The van der Waals surface area contributed by atoms with Crippen LogP contribution in [-0.4, -0.2) is 60.6 Å². The van der Waals surface area contributed by atoms with Crippen LogP contribution in [0.25, 0.3) is 22.8 Å². The van der Waals surface area contributed by atoms with Crippen LogP contribution in [0, 0.1) is 5.92 Å². The number of aromatic nitrogens is 4. The number of hydrogen-bond acceptors (Lipinski definition) is 5. The molecule has 0 amide bonds. The number of nitrogens with zero attached hydrogens (tertiary/aromatic N) is 4. The number of carboxylic acid groups (broad SMARTS) is 1. The molecule has 11 heteroatoms. The Morgan fingerprint density at radius 2 is 1.77 bits per heavy atom. The summed E-state index contributed by atoms with van der Waals surface area (Å²) in [5.41, 5.74) is 1.17. The van der Waals surface area contributed by atoms with E-state index in [1.165, 1.54) is 16.8 Å². The SMILES string of the molecule is CC(C)Cc1ccc(-c2nc(-c3ccc(Cn4ccc(C(=O)O)n4)cc3)no2)cc1C(F)(F)F.[Na]. The third-order valence-electron chi connectivity index (χ3n) is 5.13. The van der Waals surface area contributed by atoms with E-state index >= 15 is 0 Å². The second-order valence-corrected chi connectivity index (χ2v) is 8.29. The van der Waals surface area contributed by atoms with Crippen LogP contribution < -0.4 is 0 Å². The van der Waals surface area contributed by atoms with Crippen molar-refractivity contribution in [3.05, 3.63) is 77.1 Å². The molecule has 0 unspecified atom stereocenters. The number of halogens is 3. The molecule has 177 valence electrons. The van der Waals surface area contributed by atoms with Crippen molar-refractivity contribution in [1.29, 1.82) is 0 Å². The molecule has 1 radical (unpaired) electrons. The summed E-state index contributed by atoms with van der Waals surface area (Å²) in [5.74, 6) is -0.775. The van der Waals surface area contributed by atoms with Crippen molar-refractivity contribution in [1.82, 2.24) is 19.9 Å². The molecule has 0 aliphatic heterocycles. The molecule has 7 nitrogen and oxygen atoms in total. The van der Waals surface area contributed by atoms with Gasteiger partial charge >= 0.3 is 12.1 Å². The van der Waals surface area contributed by atoms with Gasteiger partial charge in [0, 0.05) is 46.9 Å². The maximum Gasteiger partial charge on any atom is 0.416 e. The van der Waals surface area contributed by atoms with Crippen LogP contribution in [0.2, 0.25) is 0 Å². The summed E-state index contributed by atoms with van der Waals surface area (Å²) in [4.78, 5) is 15.2. The molecular formula is C24H21F3N4NaO3. The molecule has 0 saturated carbocycles. The summed E-state index contributed by atoms with van der Waals surface area (Å²) in [6.07, 6.45) is -2.60. The second-order valence-electron chi connectivity index (χ2n) is 8.29. The van der Waals surface area contributed by atoms with Crippen LogP contribution in [0.5, 0.6) is 0 Å². The van der Waals surface area contributed by atoms with Crippen LogP contribution in [0.3, 0.4) is 0 Å². The summed E-state index contributed by atoms with van der Waals surface area (Å²) >= 11 is 0. The van der Waals surface area contributed by atoms with Gasteiger partial charge in [-0.3, -0.25) is 4.68 Å². The van der Waals surface area contributed by atoms with E-state index < -0.39 is 17.7 Å². The molecule has 0 atom stereocenters. The molecule has 2 aromatic heterocycles. The third-order valence-corrected chi connectivity index (χ3v) is 5.13. The van der Waals surface area contributed by atoms with Gasteiger partial charge in [-0.25, -0.2) is 4.79 Å². The first-order valence-electron chi connectivity index (χ1n) is 10.5. The van der Waals surface area contributed by atoms with Crippen LogP contribution in [-0.2, 0) is 19.1 Å². The Kier molecular flexibility index (Phi) is 8.19. The van der Waals surface area contributed by atoms with Crippen molar-refractivity contribution in [2.75, 3.05) is 0 Å². The van der Waals surface area contributed by atoms with Crippen LogP contribution in [0.1, 0.15) is 41.0 Å². The molecule has 4 aromatic rings. The quantitative estimate of drug-likeness (QED) is 0.357. The fourth-order valence-corrected chi connectivity index (χ4v) is 3.56. The zero-order chi connectivity index (χ0) is 24.5. The van der Waals surface area contributed by atoms with Crippen molar-refractivity contribution >= 4 is 35.5 Å². The van der Waals surface area contributed by atoms with Crippen molar-refractivity contribution in [3.63, 3.8) is 0 Å². The fourth-order valence-electron chi connectivity index (χ4n) is 3.56. The number of carboxylic acids is 1. The molecule has 0 aliphatic carbocycles. The van der Waals surface area contributed by atoms with Gasteiger partial charge in [0.1, 0.15) is 0 Å². The van der Waals surface area contributed by atoms with E-state index in [2.05, 4.69) is 15.2 Å². The Labute approximate surface area is 221 Å². The average molecular weight is 493 g/mol. The molecular weight excluding hydrogens is 472 g/mol. The van der Waals surface area contributed by atoms with E-state index in [-0.39, 0.29) is 64.0 Å². The summed E-state index contributed by atoms with van der Waals surface area (Å²) in [7, 11) is 0. The number of aromatic carboxylic acids is 1. The predicted octanol–water partition coefficient (Wildman–Crippen LogP) is 5.18. The molecule has 0 fully saturated rings. The minimum atomic E-state index is -4.49. The van der Waals surface area contributed by atoms with E-state index in [1.807, 2.05) is 13.8 Å². The second kappa shape index (κ2) is 10.8. The molecule has 0 aliphatic rings. The molecule has 0 spiro atoms. The van der Waals surface area contributed by atoms with Gasteiger partial charge in [0.15, 0.2) is 5.69 Å². The van der Waals surface area contributed by atoms with Crippen LogP contribution >= 0.6 is 0 Å². The van der Waals surface area contributed by atoms with Gasteiger partial charge in [-0.2, -0.15) is 23.3 Å². The van der Waals surface area contributed by atoms with Crippen molar-refractivity contribution in [2.45, 2.75) is 33.0 Å². The molecule has 4 rings (SSSR count). The zero-order valence-corrected chi connectivity index (χ0v) is 21.4. The average Bonchev–Trinajstić information content (AvgIpc) is 3.44. The van der Waals surface area contributed by atoms with E-state index in [0.29, 0.717) is 18.5 Å². The standard InChI is InChI=1S/C24H21F3N4O3.Na/c1-14(2)11-17-7-8-18(12-19(17)24(25,26)27)22-28-21(30-34-22)16-5-3-15(4-6-16)13-31-10-9-20(29-31)23(32)33;/h3-10,12,14H,11,13H2,1-2H3,(H,32,33);. The summed E-state index contributed by atoms with van der Waals surface area (Å²) < 4.78 is 47.5. The van der Waals surface area contributed by atoms with Gasteiger partial charge in [-0.1, -0.05) is 49.3 Å². The zero-order valence-electron chi connectivity index (χ0n) is 19.4. The maximum atomic E-state index is 13.6. The van der Waals surface area contributed by atoms with Crippen LogP contribution in [0.15, 0.2) is 59.3 Å². The molecule has 0 saturated heterocycles. The number of hydrogen-bond donors (Lipinski definition) is 1. The maximum absolute atomic E-state index is 13.6. The molecule has 2 aromatic carbocycles. The van der Waals surface area contributed by atoms with E-state index in [0.717, 1.165) is 11.6 Å². The fraction of sp³-hybridized carbons (Fsp3) is 0.250. The smallest absolute Gasteiger partial charge is 0.416 e. The van der Waals surface area contributed by atoms with E-state index in [9.17, 15) is 18.0 Å². The molecule has 1 N–H and O–H groups in total. The Morgan fingerprint density at radius 1 is 1.09 bits per heavy atom. The Morgan fingerprint density at radius 3 is 2.37 bits per heavy atom. The Bertz CT molecular complexity index is 1310. The summed E-state index contributed by atoms with van der Waals surface area (Å²) in [6, 6.07) is 12.6. The minimum Gasteiger partial charge on any atom is -0.476 e. The monoisotopic (exact) mass is 493 g/mol. The van der Waals surface area contributed by atoms with Gasteiger partial charge in [-0.05, 0) is 41.7 Å². The minimum absolute atomic E-state index is 0. The number of carbonyl (C=O) groups is 1. The summed E-state index contributed by atoms with van der Waals surface area (Å²) in [6.45, 7) is 4.10. The Balaban J connectivity index is 0.00000342. The number of rotatable bonds is 7. The molecule has 2 heterocycles. The van der Waals surface area contributed by atoms with Crippen molar-refractivity contribution in [3.8, 4) is 22.8 Å². The van der Waals surface area contributed by atoms with Crippen molar-refractivity contribution < 1.29 is 27.6 Å². The van der Waals surface area contributed by atoms with Gasteiger partial charge < -0.3 is 9.63 Å². The Hall–Kier alpha value is -2.95. The van der Waals surface area contributed by atoms with E-state index in [4.69, 9.17) is 9.63 Å². The molecule has 0 bridgehead atoms. The molecule has 35 heavy (non-hydrogen) atoms. The topological polar surface area (TPSA) is 94.0 Å². The normalized spacial score (nSPS) is 11.5. The van der Waals surface area contributed by atoms with Crippen LogP contribution in [0.4, 0.5) is 13.2 Å². The van der Waals surface area contributed by atoms with Gasteiger partial charge in [0.05, 0.1) is 12.1 Å². The number of alkyl halides is 3. The van der Waals surface area contributed by atoms with Gasteiger partial charge in [-0.15, -0.1) is 0 Å². The van der Waals surface area contributed by atoms with E-state index in [1.54, 1.807) is 36.5 Å². The third kappa shape index (κ3) is 6.39. The van der Waals surface area contributed by atoms with Gasteiger partial charge in [0.25, 0.3) is 5.89 Å². The van der Waals surface area contributed by atoms with Crippen molar-refractivity contribution in [2.24, 2.45) is 5.92 Å². The largest absolute Gasteiger partial charge is 0.476 e. The predicted molar refractivity (Wildman–Crippen MR) is 123 cm³/mol.